The predicted octanol–water partition coefficient (Wildman–Crippen LogP) is 3.03. The minimum absolute atomic E-state index is 0.198. The zero-order valence-electron chi connectivity index (χ0n) is 20.8. The number of aliphatic hydroxyl groups excluding tert-OH is 2. The first kappa shape index (κ1) is 28.2. The van der Waals surface area contributed by atoms with Gasteiger partial charge in [-0.1, -0.05) is 0 Å². The molecule has 6 rings (SSSR count). The van der Waals surface area contributed by atoms with E-state index in [2.05, 4.69) is 27.6 Å². The van der Waals surface area contributed by atoms with E-state index in [1.807, 2.05) is 18.2 Å². The largest absolute Gasteiger partial charge is 0.486 e. The van der Waals surface area contributed by atoms with Gasteiger partial charge in [-0.05, 0) is 77.2 Å². The SMILES string of the molecule is Ic1ccc2c(c1)OCCO2.O=c1[nH]cccc1CO.O=c1c(CO)cccn1-c1ccc2c(c1)OCCO2. The third kappa shape index (κ3) is 7.40. The molecule has 2 aliphatic heterocycles. The summed E-state index contributed by atoms with van der Waals surface area (Å²) in [5.41, 5.74) is 0.987. The molecule has 11 heteroatoms. The summed E-state index contributed by atoms with van der Waals surface area (Å²) in [5.74, 6) is 3.03. The first-order valence-corrected chi connectivity index (χ1v) is 13.1. The van der Waals surface area contributed by atoms with Crippen LogP contribution in [-0.2, 0) is 13.2 Å². The molecule has 2 aromatic carbocycles. The highest BCUT2D eigenvalue weighted by atomic mass is 127. The van der Waals surface area contributed by atoms with Gasteiger partial charge in [0.15, 0.2) is 23.0 Å². The Labute approximate surface area is 237 Å². The summed E-state index contributed by atoms with van der Waals surface area (Å²) >= 11 is 2.25. The van der Waals surface area contributed by atoms with Gasteiger partial charge in [0.05, 0.1) is 18.9 Å². The number of ether oxygens (including phenoxy) is 4. The fourth-order valence-corrected chi connectivity index (χ4v) is 4.11. The van der Waals surface area contributed by atoms with Crippen molar-refractivity contribution in [3.05, 3.63) is 108 Å². The quantitative estimate of drug-likeness (QED) is 0.290. The lowest BCUT2D eigenvalue weighted by Crippen LogP contribution is -2.22. The van der Waals surface area contributed by atoms with E-state index >= 15 is 0 Å². The van der Waals surface area contributed by atoms with Crippen molar-refractivity contribution in [2.45, 2.75) is 13.2 Å². The Balaban J connectivity index is 0.000000149. The minimum Gasteiger partial charge on any atom is -0.486 e. The van der Waals surface area contributed by atoms with E-state index in [9.17, 15) is 9.59 Å². The van der Waals surface area contributed by atoms with E-state index < -0.39 is 0 Å². The zero-order valence-corrected chi connectivity index (χ0v) is 23.0. The molecule has 0 fully saturated rings. The summed E-state index contributed by atoms with van der Waals surface area (Å²) in [6.07, 6.45) is 3.19. The molecule has 0 atom stereocenters. The maximum atomic E-state index is 12.1. The number of aromatic amines is 1. The maximum absolute atomic E-state index is 12.1. The molecule has 0 bridgehead atoms. The van der Waals surface area contributed by atoms with Gasteiger partial charge in [-0.2, -0.15) is 0 Å². The number of H-pyrrole nitrogens is 1. The lowest BCUT2D eigenvalue weighted by molar-refractivity contribution is 0.171. The maximum Gasteiger partial charge on any atom is 0.260 e. The average molecular weight is 646 g/mol. The van der Waals surface area contributed by atoms with Gasteiger partial charge in [0.2, 0.25) is 0 Å². The van der Waals surface area contributed by atoms with Crippen LogP contribution in [0.15, 0.2) is 82.6 Å². The van der Waals surface area contributed by atoms with Crippen molar-refractivity contribution in [2.75, 3.05) is 26.4 Å². The first-order chi connectivity index (χ1) is 19.0. The Kier molecular flexibility index (Phi) is 10.00. The summed E-state index contributed by atoms with van der Waals surface area (Å²) in [7, 11) is 0. The van der Waals surface area contributed by atoms with Crippen molar-refractivity contribution < 1.29 is 29.2 Å². The van der Waals surface area contributed by atoms with Crippen molar-refractivity contribution in [2.24, 2.45) is 0 Å². The second kappa shape index (κ2) is 13.8. The topological polar surface area (TPSA) is 132 Å². The summed E-state index contributed by atoms with van der Waals surface area (Å²) in [6.45, 7) is 1.88. The fraction of sp³-hybridized carbons (Fsp3) is 0.214. The van der Waals surface area contributed by atoms with Crippen LogP contribution in [0.3, 0.4) is 0 Å². The monoisotopic (exact) mass is 646 g/mol. The van der Waals surface area contributed by atoms with Crippen molar-refractivity contribution in [3.8, 4) is 28.7 Å². The number of fused-ring (bicyclic) bond motifs is 2. The highest BCUT2D eigenvalue weighted by Gasteiger charge is 2.13. The molecule has 204 valence electrons. The second-order valence-electron chi connectivity index (χ2n) is 8.17. The number of halogens is 1. The van der Waals surface area contributed by atoms with Gasteiger partial charge in [-0.25, -0.2) is 0 Å². The molecule has 0 unspecified atom stereocenters. The van der Waals surface area contributed by atoms with Crippen LogP contribution in [0, 0.1) is 3.57 Å². The van der Waals surface area contributed by atoms with Crippen LogP contribution < -0.4 is 30.1 Å². The normalized spacial score (nSPS) is 12.8. The summed E-state index contributed by atoms with van der Waals surface area (Å²) < 4.78 is 24.3. The van der Waals surface area contributed by atoms with Crippen LogP contribution in [-0.4, -0.2) is 46.2 Å². The number of nitrogens with zero attached hydrogens (tertiary/aromatic N) is 1. The molecule has 3 N–H and O–H groups in total. The van der Waals surface area contributed by atoms with E-state index in [0.717, 1.165) is 11.5 Å². The Bertz CT molecular complexity index is 1520. The molecule has 0 saturated carbocycles. The molecule has 39 heavy (non-hydrogen) atoms. The van der Waals surface area contributed by atoms with Crippen LogP contribution in [0.1, 0.15) is 11.1 Å². The number of hydrogen-bond donors (Lipinski definition) is 3. The van der Waals surface area contributed by atoms with Crippen LogP contribution in [0.4, 0.5) is 0 Å². The van der Waals surface area contributed by atoms with Crippen LogP contribution in [0.2, 0.25) is 0 Å². The molecule has 0 radical (unpaired) electrons. The number of hydrogen-bond acceptors (Lipinski definition) is 8. The average Bonchev–Trinajstić information content (AvgIpc) is 2.98. The van der Waals surface area contributed by atoms with E-state index in [0.29, 0.717) is 54.7 Å². The molecular weight excluding hydrogens is 619 g/mol. The lowest BCUT2D eigenvalue weighted by atomic mass is 10.2. The predicted molar refractivity (Wildman–Crippen MR) is 152 cm³/mol. The minimum atomic E-state index is -0.274. The number of aliphatic hydroxyl groups is 2. The third-order valence-electron chi connectivity index (χ3n) is 5.57. The van der Waals surface area contributed by atoms with E-state index in [-0.39, 0.29) is 24.3 Å². The molecule has 0 spiro atoms. The molecule has 10 nitrogen and oxygen atoms in total. The fourth-order valence-electron chi connectivity index (χ4n) is 3.64. The van der Waals surface area contributed by atoms with Crippen molar-refractivity contribution >= 4 is 22.6 Å². The van der Waals surface area contributed by atoms with Crippen LogP contribution in [0.5, 0.6) is 23.0 Å². The van der Waals surface area contributed by atoms with Crippen molar-refractivity contribution in [1.82, 2.24) is 9.55 Å². The Hall–Kier alpha value is -3.81. The van der Waals surface area contributed by atoms with Crippen molar-refractivity contribution in [1.29, 1.82) is 0 Å². The second-order valence-corrected chi connectivity index (χ2v) is 9.41. The molecular formula is C28H27IN2O8. The molecule has 4 heterocycles. The molecule has 0 aliphatic carbocycles. The van der Waals surface area contributed by atoms with E-state index in [1.54, 1.807) is 48.7 Å². The third-order valence-corrected chi connectivity index (χ3v) is 6.25. The highest BCUT2D eigenvalue weighted by Crippen LogP contribution is 2.32. The smallest absolute Gasteiger partial charge is 0.260 e. The van der Waals surface area contributed by atoms with E-state index in [4.69, 9.17) is 29.2 Å². The Morgan fingerprint density at radius 3 is 1.95 bits per heavy atom. The van der Waals surface area contributed by atoms with E-state index in [1.165, 1.54) is 14.3 Å². The number of benzene rings is 2. The number of pyridine rings is 2. The van der Waals surface area contributed by atoms with Gasteiger partial charge in [-0.15, -0.1) is 0 Å². The summed E-state index contributed by atoms with van der Waals surface area (Å²) in [4.78, 5) is 25.2. The highest BCUT2D eigenvalue weighted by molar-refractivity contribution is 14.1. The summed E-state index contributed by atoms with van der Waals surface area (Å²) in [6, 6.07) is 17.8. The van der Waals surface area contributed by atoms with Gasteiger partial charge in [0.1, 0.15) is 26.4 Å². The van der Waals surface area contributed by atoms with Crippen LogP contribution >= 0.6 is 22.6 Å². The number of nitrogens with one attached hydrogen (secondary N) is 1. The Morgan fingerprint density at radius 2 is 1.33 bits per heavy atom. The van der Waals surface area contributed by atoms with Gasteiger partial charge in [0.25, 0.3) is 11.1 Å². The van der Waals surface area contributed by atoms with Gasteiger partial charge in [-0.3, -0.25) is 14.2 Å². The van der Waals surface area contributed by atoms with Gasteiger partial charge >= 0.3 is 0 Å². The Morgan fingerprint density at radius 1 is 0.744 bits per heavy atom. The van der Waals surface area contributed by atoms with Gasteiger partial charge in [0, 0.05) is 33.2 Å². The van der Waals surface area contributed by atoms with Gasteiger partial charge < -0.3 is 34.1 Å². The zero-order chi connectivity index (χ0) is 27.6. The first-order valence-electron chi connectivity index (χ1n) is 12.0. The molecule has 2 aliphatic rings. The molecule has 4 aromatic rings. The van der Waals surface area contributed by atoms with Crippen molar-refractivity contribution in [3.63, 3.8) is 0 Å². The number of aromatic nitrogens is 2. The molecule has 0 amide bonds. The van der Waals surface area contributed by atoms with Crippen LogP contribution in [0.25, 0.3) is 5.69 Å². The molecule has 2 aromatic heterocycles. The standard InChI is InChI=1S/C14H13NO4.C8H7IO2.C6H7NO2/c16-9-10-2-1-5-15(14(10)17)11-3-4-12-13(8-11)19-7-6-18-12;9-6-1-2-7-8(5-6)11-4-3-10-7;8-4-5-2-1-3-7-6(5)9/h1-5,8,16H,6-7,9H2;1-2,5H,3-4H2;1-3,8H,4H2,(H,7,9). The summed E-state index contributed by atoms with van der Waals surface area (Å²) in [5, 5.41) is 17.6. The number of rotatable bonds is 3. The molecule has 0 saturated heterocycles. The lowest BCUT2D eigenvalue weighted by Gasteiger charge is -2.19.